The van der Waals surface area contributed by atoms with Crippen molar-refractivity contribution in [2.45, 2.75) is 44.8 Å². The van der Waals surface area contributed by atoms with Gasteiger partial charge in [0.25, 0.3) is 0 Å². The highest BCUT2D eigenvalue weighted by atomic mass is 35.5. The second-order valence-electron chi connectivity index (χ2n) is 3.60. The lowest BCUT2D eigenvalue weighted by Crippen LogP contribution is -2.48. The quantitative estimate of drug-likeness (QED) is 0.494. The molecule has 0 aromatic carbocycles. The van der Waals surface area contributed by atoms with E-state index in [-0.39, 0.29) is 0 Å². The van der Waals surface area contributed by atoms with E-state index in [4.69, 9.17) is 11.6 Å². The Morgan fingerprint density at radius 3 is 2.06 bits per heavy atom. The zero-order valence-corrected chi connectivity index (χ0v) is 10.4. The molecule has 0 aliphatic heterocycles. The first-order chi connectivity index (χ1) is 7.50. The molecule has 1 unspecified atom stereocenters. The molecule has 0 rings (SSSR count). The van der Waals surface area contributed by atoms with Crippen molar-refractivity contribution in [2.75, 3.05) is 13.1 Å². The lowest BCUT2D eigenvalue weighted by molar-refractivity contribution is -0.202. The second-order valence-corrected chi connectivity index (χ2v) is 4.10. The summed E-state index contributed by atoms with van der Waals surface area (Å²) in [5.74, 6) is -1.71. The fraction of sp³-hybridized carbons (Fsp3) is 0.900. The first kappa shape index (κ1) is 15.6. The Balaban J connectivity index is 4.50. The Bertz CT molecular complexity index is 207. The molecule has 0 spiro atoms. The fourth-order valence-electron chi connectivity index (χ4n) is 1.27. The molecule has 0 saturated heterocycles. The lowest BCUT2D eigenvalue weighted by Gasteiger charge is -2.29. The largest absolute Gasteiger partial charge is 0.416 e. The van der Waals surface area contributed by atoms with E-state index in [0.29, 0.717) is 25.9 Å². The molecule has 0 bridgehead atoms. The Labute approximate surface area is 99.6 Å². The van der Waals surface area contributed by atoms with E-state index in [1.54, 1.807) is 0 Å². The van der Waals surface area contributed by atoms with Crippen LogP contribution in [0.3, 0.4) is 0 Å². The summed E-state index contributed by atoms with van der Waals surface area (Å²) >= 11 is 5.37. The summed E-state index contributed by atoms with van der Waals surface area (Å²) in [4.78, 5) is 14.8. The summed E-state index contributed by atoms with van der Waals surface area (Å²) in [6.07, 6.45) is 3.03. The van der Waals surface area contributed by atoms with E-state index in [0.717, 1.165) is 17.7 Å². The molecule has 3 nitrogen and oxygen atoms in total. The topological polar surface area (TPSA) is 29.5 Å². The van der Waals surface area contributed by atoms with Gasteiger partial charge in [0, 0.05) is 17.6 Å². The van der Waals surface area contributed by atoms with E-state index in [9.17, 15) is 13.7 Å². The first-order valence-corrected chi connectivity index (χ1v) is 5.84. The van der Waals surface area contributed by atoms with E-state index in [2.05, 4.69) is 4.94 Å². The van der Waals surface area contributed by atoms with E-state index in [1.807, 2.05) is 13.8 Å². The van der Waals surface area contributed by atoms with E-state index < -0.39 is 11.2 Å². The number of nitrogens with zero attached hydrogens (tertiary/aromatic N) is 1. The Kier molecular flexibility index (Phi) is 7.58. The molecule has 0 aromatic heterocycles. The van der Waals surface area contributed by atoms with Crippen molar-refractivity contribution in [2.24, 2.45) is 0 Å². The highest BCUT2D eigenvalue weighted by Gasteiger charge is 2.45. The molecule has 0 fully saturated rings. The summed E-state index contributed by atoms with van der Waals surface area (Å²) in [5, 5.41) is -2.90. The predicted octanol–water partition coefficient (Wildman–Crippen LogP) is 3.18. The highest BCUT2D eigenvalue weighted by Crippen LogP contribution is 2.26. The van der Waals surface area contributed by atoms with Crippen LogP contribution < -0.4 is 0 Å². The zero-order chi connectivity index (χ0) is 12.6. The molecular weight excluding hydrogens is 240 g/mol. The van der Waals surface area contributed by atoms with Crippen LogP contribution in [0.1, 0.15) is 39.5 Å². The third-order valence-corrected chi connectivity index (χ3v) is 2.67. The SMILES string of the molecule is CCCCN(CCCC)C(F)(Cl)C(=O)OF. The molecule has 0 N–H and O–H groups in total. The number of unbranched alkanes of at least 4 members (excludes halogenated alkanes) is 2. The number of carbonyl (C=O) groups is 1. The fourth-order valence-corrected chi connectivity index (χ4v) is 1.46. The zero-order valence-electron chi connectivity index (χ0n) is 9.64. The third-order valence-electron chi connectivity index (χ3n) is 2.28. The summed E-state index contributed by atoms with van der Waals surface area (Å²) in [6.45, 7) is 4.45. The number of hydrogen-bond donors (Lipinski definition) is 0. The van der Waals surface area contributed by atoms with Crippen LogP contribution in [0, 0.1) is 0 Å². The Hall–Kier alpha value is -0.420. The van der Waals surface area contributed by atoms with E-state index >= 15 is 0 Å². The smallest absolute Gasteiger partial charge is 0.249 e. The minimum Gasteiger partial charge on any atom is -0.249 e. The average Bonchev–Trinajstić information content (AvgIpc) is 2.27. The van der Waals surface area contributed by atoms with Crippen LogP contribution >= 0.6 is 11.6 Å². The van der Waals surface area contributed by atoms with Crippen LogP contribution in [0.5, 0.6) is 0 Å². The maximum atomic E-state index is 13.8. The van der Waals surface area contributed by atoms with Crippen LogP contribution in [0.25, 0.3) is 0 Å². The van der Waals surface area contributed by atoms with Crippen molar-refractivity contribution in [3.63, 3.8) is 0 Å². The molecule has 6 heteroatoms. The Morgan fingerprint density at radius 1 is 1.31 bits per heavy atom. The number of hydrogen-bond acceptors (Lipinski definition) is 3. The maximum absolute atomic E-state index is 13.8. The van der Waals surface area contributed by atoms with Gasteiger partial charge in [-0.2, -0.15) is 4.39 Å². The van der Waals surface area contributed by atoms with Gasteiger partial charge in [-0.15, -0.1) is 0 Å². The van der Waals surface area contributed by atoms with Gasteiger partial charge in [0.05, 0.1) is 0 Å². The minimum atomic E-state index is -2.90. The van der Waals surface area contributed by atoms with Crippen molar-refractivity contribution in [3.05, 3.63) is 0 Å². The van der Waals surface area contributed by atoms with Gasteiger partial charge in [0.15, 0.2) is 0 Å². The summed E-state index contributed by atoms with van der Waals surface area (Å²) < 4.78 is 25.5. The van der Waals surface area contributed by atoms with Gasteiger partial charge in [-0.25, -0.2) is 14.6 Å². The van der Waals surface area contributed by atoms with Crippen LogP contribution in [0.4, 0.5) is 8.92 Å². The molecule has 0 heterocycles. The minimum absolute atomic E-state index is 0.297. The second kappa shape index (κ2) is 7.79. The number of halogens is 3. The lowest BCUT2D eigenvalue weighted by atomic mass is 10.2. The molecule has 1 atom stereocenters. The van der Waals surface area contributed by atoms with Gasteiger partial charge in [0.2, 0.25) is 0 Å². The summed E-state index contributed by atoms with van der Waals surface area (Å²) in [6, 6.07) is 0. The predicted molar refractivity (Wildman–Crippen MR) is 58.3 cm³/mol. The summed E-state index contributed by atoms with van der Waals surface area (Å²) in [7, 11) is 0. The molecule has 96 valence electrons. The normalized spacial score (nSPS) is 14.9. The van der Waals surface area contributed by atoms with Gasteiger partial charge in [-0.3, -0.25) is 0 Å². The van der Waals surface area contributed by atoms with Crippen molar-refractivity contribution in [1.29, 1.82) is 0 Å². The average molecular weight is 258 g/mol. The highest BCUT2D eigenvalue weighted by molar-refractivity contribution is 6.32. The molecule has 0 aliphatic carbocycles. The van der Waals surface area contributed by atoms with Gasteiger partial charge < -0.3 is 0 Å². The van der Waals surface area contributed by atoms with Crippen LogP contribution in [-0.4, -0.2) is 29.2 Å². The molecule has 0 aliphatic rings. The van der Waals surface area contributed by atoms with Gasteiger partial charge in [-0.05, 0) is 12.8 Å². The number of rotatable bonds is 8. The van der Waals surface area contributed by atoms with Gasteiger partial charge in [0.1, 0.15) is 0 Å². The van der Waals surface area contributed by atoms with E-state index in [1.165, 1.54) is 0 Å². The van der Waals surface area contributed by atoms with Crippen molar-refractivity contribution < 1.29 is 18.7 Å². The van der Waals surface area contributed by atoms with Crippen molar-refractivity contribution >= 4 is 17.6 Å². The monoisotopic (exact) mass is 257 g/mol. The molecule has 0 saturated carbocycles. The molecule has 0 radical (unpaired) electrons. The molecule has 16 heavy (non-hydrogen) atoms. The van der Waals surface area contributed by atoms with Crippen molar-refractivity contribution in [3.8, 4) is 0 Å². The number of alkyl halides is 2. The summed E-state index contributed by atoms with van der Waals surface area (Å²) in [5.41, 5.74) is 0. The maximum Gasteiger partial charge on any atom is 0.416 e. The Morgan fingerprint density at radius 2 is 1.75 bits per heavy atom. The molecule has 0 amide bonds. The van der Waals surface area contributed by atoms with Crippen LogP contribution in [0.2, 0.25) is 0 Å². The standard InChI is InChI=1S/C10H18ClF2NO2/c1-3-5-7-14(8-6-4-2)10(11,12)9(15)16-13/h3-8H2,1-2H3. The van der Waals surface area contributed by atoms with Crippen LogP contribution in [-0.2, 0) is 9.74 Å². The molecular formula is C10H18ClF2NO2. The van der Waals surface area contributed by atoms with Crippen molar-refractivity contribution in [1.82, 2.24) is 4.90 Å². The molecule has 0 aromatic rings. The number of carbonyl (C=O) groups excluding carboxylic acids is 1. The van der Waals surface area contributed by atoms with Gasteiger partial charge >= 0.3 is 11.2 Å². The first-order valence-electron chi connectivity index (χ1n) is 5.46. The van der Waals surface area contributed by atoms with Crippen LogP contribution in [0.15, 0.2) is 0 Å². The third kappa shape index (κ3) is 4.61. The van der Waals surface area contributed by atoms with Gasteiger partial charge in [-0.1, -0.05) is 38.3 Å².